The highest BCUT2D eigenvalue weighted by atomic mass is 32.1. The molecule has 1 aliphatic rings. The van der Waals surface area contributed by atoms with Crippen molar-refractivity contribution in [3.63, 3.8) is 0 Å². The van der Waals surface area contributed by atoms with Gasteiger partial charge in [0.1, 0.15) is 16.8 Å². The number of phenolic OH excluding ortho intramolecular Hbond substituents is 1. The second-order valence-electron chi connectivity index (χ2n) is 6.79. The number of phenols is 1. The Morgan fingerprint density at radius 3 is 2.64 bits per heavy atom. The molecule has 3 aromatic rings. The summed E-state index contributed by atoms with van der Waals surface area (Å²) in [5.41, 5.74) is 0.743. The molecule has 1 aliphatic carbocycles. The number of aliphatic hydroxyl groups is 1. The van der Waals surface area contributed by atoms with Crippen LogP contribution in [0.1, 0.15) is 37.0 Å². The molecule has 0 radical (unpaired) electrons. The highest BCUT2D eigenvalue weighted by molar-refractivity contribution is 7.18. The van der Waals surface area contributed by atoms with Gasteiger partial charge < -0.3 is 10.2 Å². The lowest BCUT2D eigenvalue weighted by molar-refractivity contribution is 0.0393. The monoisotopic (exact) mass is 356 g/mol. The third-order valence-corrected chi connectivity index (χ3v) is 6.16. The number of hydrogen-bond acceptors (Lipinski definition) is 5. The minimum absolute atomic E-state index is 0.105. The fourth-order valence-electron chi connectivity index (χ4n) is 3.52. The Labute approximate surface area is 149 Å². The normalized spacial score (nSPS) is 16.5. The zero-order chi connectivity index (χ0) is 17.4. The van der Waals surface area contributed by atoms with E-state index >= 15 is 0 Å². The van der Waals surface area contributed by atoms with Crippen LogP contribution in [0.5, 0.6) is 5.75 Å². The molecule has 0 unspecified atom stereocenters. The molecule has 1 fully saturated rings. The fraction of sp³-hybridized carbons (Fsp3) is 0.368. The van der Waals surface area contributed by atoms with Crippen LogP contribution in [0.4, 0.5) is 0 Å². The second-order valence-corrected chi connectivity index (χ2v) is 7.93. The van der Waals surface area contributed by atoms with Gasteiger partial charge in [0.2, 0.25) is 0 Å². The lowest BCUT2D eigenvalue weighted by Crippen LogP contribution is -2.24. The molecule has 0 saturated heterocycles. The maximum atomic E-state index is 12.8. The number of hydrogen-bond donors (Lipinski definition) is 2. The predicted octanol–water partition coefficient (Wildman–Crippen LogP) is 3.39. The van der Waals surface area contributed by atoms with Gasteiger partial charge in [-0.25, -0.2) is 4.98 Å². The van der Waals surface area contributed by atoms with E-state index in [-0.39, 0.29) is 11.3 Å². The van der Waals surface area contributed by atoms with Crippen LogP contribution in [0.15, 0.2) is 41.5 Å². The van der Waals surface area contributed by atoms with Crippen molar-refractivity contribution in [2.45, 2.75) is 44.1 Å². The second kappa shape index (κ2) is 6.28. The Balaban J connectivity index is 1.63. The van der Waals surface area contributed by atoms with Gasteiger partial charge in [0, 0.05) is 4.88 Å². The zero-order valence-electron chi connectivity index (χ0n) is 13.8. The minimum Gasteiger partial charge on any atom is -0.508 e. The Morgan fingerprint density at radius 2 is 1.92 bits per heavy atom. The molecule has 1 aromatic carbocycles. The number of nitrogens with zero attached hydrogens (tertiary/aromatic N) is 2. The summed E-state index contributed by atoms with van der Waals surface area (Å²) in [6.07, 6.45) is 7.00. The number of aromatic hydroxyl groups is 1. The summed E-state index contributed by atoms with van der Waals surface area (Å²) in [4.78, 5) is 18.3. The molecule has 2 aromatic heterocycles. The Hall–Kier alpha value is -2.18. The van der Waals surface area contributed by atoms with Gasteiger partial charge in [-0.05, 0) is 56.0 Å². The van der Waals surface area contributed by atoms with Crippen molar-refractivity contribution in [2.24, 2.45) is 0 Å². The van der Waals surface area contributed by atoms with Crippen molar-refractivity contribution < 1.29 is 10.2 Å². The van der Waals surface area contributed by atoms with Gasteiger partial charge in [-0.15, -0.1) is 11.3 Å². The van der Waals surface area contributed by atoms with Crippen LogP contribution in [-0.2, 0) is 6.42 Å². The SMILES string of the molecule is O=c1c2sc(CCC3(O)CCCC3)cc2ncn1-c1ccc(O)cc1. The number of aryl methyl sites for hydroxylation is 1. The molecule has 4 rings (SSSR count). The Bertz CT molecular complexity index is 953. The van der Waals surface area contributed by atoms with E-state index in [4.69, 9.17) is 0 Å². The van der Waals surface area contributed by atoms with Crippen molar-refractivity contribution in [3.05, 3.63) is 51.9 Å². The van der Waals surface area contributed by atoms with E-state index < -0.39 is 5.60 Å². The van der Waals surface area contributed by atoms with Crippen LogP contribution in [0, 0.1) is 0 Å². The third kappa shape index (κ3) is 3.19. The first-order valence-corrected chi connectivity index (χ1v) is 9.38. The first-order valence-electron chi connectivity index (χ1n) is 8.56. The van der Waals surface area contributed by atoms with Gasteiger partial charge in [-0.3, -0.25) is 9.36 Å². The number of thiophene rings is 1. The molecule has 0 spiro atoms. The lowest BCUT2D eigenvalue weighted by atomic mass is 9.96. The zero-order valence-corrected chi connectivity index (χ0v) is 14.6. The highest BCUT2D eigenvalue weighted by Crippen LogP contribution is 2.34. The number of benzene rings is 1. The van der Waals surface area contributed by atoms with Crippen LogP contribution in [0.2, 0.25) is 0 Å². The predicted molar refractivity (Wildman–Crippen MR) is 98.6 cm³/mol. The summed E-state index contributed by atoms with van der Waals surface area (Å²) in [5, 5.41) is 19.9. The van der Waals surface area contributed by atoms with Crippen LogP contribution in [-0.4, -0.2) is 25.4 Å². The lowest BCUT2D eigenvalue weighted by Gasteiger charge is -2.21. The molecule has 6 heteroatoms. The largest absolute Gasteiger partial charge is 0.508 e. The molecule has 130 valence electrons. The van der Waals surface area contributed by atoms with E-state index in [1.165, 1.54) is 22.2 Å². The molecule has 0 aliphatic heterocycles. The molecule has 2 N–H and O–H groups in total. The Morgan fingerprint density at radius 1 is 1.20 bits per heavy atom. The molecule has 2 heterocycles. The van der Waals surface area contributed by atoms with E-state index in [0.717, 1.165) is 43.4 Å². The first kappa shape index (κ1) is 16.3. The van der Waals surface area contributed by atoms with E-state index in [9.17, 15) is 15.0 Å². The van der Waals surface area contributed by atoms with Crippen LogP contribution in [0.25, 0.3) is 15.9 Å². The van der Waals surface area contributed by atoms with Crippen LogP contribution >= 0.6 is 11.3 Å². The van der Waals surface area contributed by atoms with E-state index in [1.807, 2.05) is 6.07 Å². The van der Waals surface area contributed by atoms with E-state index in [2.05, 4.69) is 4.98 Å². The van der Waals surface area contributed by atoms with Crippen molar-refractivity contribution in [2.75, 3.05) is 0 Å². The molecule has 0 atom stereocenters. The summed E-state index contributed by atoms with van der Waals surface area (Å²) >= 11 is 1.46. The molecular formula is C19H20N2O3S. The number of rotatable bonds is 4. The van der Waals surface area contributed by atoms with Gasteiger partial charge in [-0.2, -0.15) is 0 Å². The maximum absolute atomic E-state index is 12.8. The van der Waals surface area contributed by atoms with Crippen molar-refractivity contribution >= 4 is 21.6 Å². The Kier molecular flexibility index (Phi) is 4.09. The smallest absolute Gasteiger partial charge is 0.275 e. The van der Waals surface area contributed by atoms with Crippen molar-refractivity contribution in [3.8, 4) is 11.4 Å². The molecule has 25 heavy (non-hydrogen) atoms. The highest BCUT2D eigenvalue weighted by Gasteiger charge is 2.30. The molecule has 5 nitrogen and oxygen atoms in total. The minimum atomic E-state index is -0.532. The van der Waals surface area contributed by atoms with Gasteiger partial charge in [0.05, 0.1) is 16.8 Å². The standard InChI is InChI=1S/C19H20N2O3S/c22-14-5-3-13(4-6-14)21-12-20-16-11-15(25-17(16)18(21)23)7-10-19(24)8-1-2-9-19/h3-6,11-12,22,24H,1-2,7-10H2. The van der Waals surface area contributed by atoms with E-state index in [0.29, 0.717) is 15.9 Å². The van der Waals surface area contributed by atoms with Crippen LogP contribution < -0.4 is 5.56 Å². The summed E-state index contributed by atoms with van der Waals surface area (Å²) < 4.78 is 2.12. The van der Waals surface area contributed by atoms with Gasteiger partial charge in [0.25, 0.3) is 5.56 Å². The quantitative estimate of drug-likeness (QED) is 0.751. The maximum Gasteiger partial charge on any atom is 0.275 e. The molecule has 0 amide bonds. The average Bonchev–Trinajstić information content (AvgIpc) is 3.22. The van der Waals surface area contributed by atoms with Gasteiger partial charge in [0.15, 0.2) is 0 Å². The summed E-state index contributed by atoms with van der Waals surface area (Å²) in [6, 6.07) is 8.44. The summed E-state index contributed by atoms with van der Waals surface area (Å²) in [6.45, 7) is 0. The molecule has 1 saturated carbocycles. The van der Waals surface area contributed by atoms with Crippen LogP contribution in [0.3, 0.4) is 0 Å². The number of aromatic nitrogens is 2. The van der Waals surface area contributed by atoms with Gasteiger partial charge in [-0.1, -0.05) is 12.8 Å². The van der Waals surface area contributed by atoms with Gasteiger partial charge >= 0.3 is 0 Å². The molecular weight excluding hydrogens is 336 g/mol. The van der Waals surface area contributed by atoms with E-state index in [1.54, 1.807) is 24.3 Å². The third-order valence-electron chi connectivity index (χ3n) is 4.99. The molecule has 0 bridgehead atoms. The van der Waals surface area contributed by atoms with Crippen molar-refractivity contribution in [1.29, 1.82) is 0 Å². The summed E-state index contributed by atoms with van der Waals surface area (Å²) in [7, 11) is 0. The fourth-order valence-corrected chi connectivity index (χ4v) is 4.56. The first-order chi connectivity index (χ1) is 12.0. The average molecular weight is 356 g/mol. The topological polar surface area (TPSA) is 75.3 Å². The van der Waals surface area contributed by atoms with Crippen molar-refractivity contribution in [1.82, 2.24) is 9.55 Å². The summed E-state index contributed by atoms with van der Waals surface area (Å²) in [5.74, 6) is 0.161. The number of fused-ring (bicyclic) bond motifs is 1.